The monoisotopic (exact) mass is 290 g/mol. The lowest BCUT2D eigenvalue weighted by Crippen LogP contribution is -2.18. The zero-order valence-electron chi connectivity index (χ0n) is 11.8. The van der Waals surface area contributed by atoms with Crippen LogP contribution in [-0.2, 0) is 16.0 Å². The minimum absolute atomic E-state index is 0.0719. The van der Waals surface area contributed by atoms with Crippen molar-refractivity contribution >= 4 is 11.8 Å². The van der Waals surface area contributed by atoms with Crippen LogP contribution in [0.1, 0.15) is 42.1 Å². The van der Waals surface area contributed by atoms with Gasteiger partial charge in [0.1, 0.15) is 11.5 Å². The van der Waals surface area contributed by atoms with E-state index in [0.29, 0.717) is 6.42 Å². The van der Waals surface area contributed by atoms with Crippen LogP contribution in [0.3, 0.4) is 0 Å². The number of rotatable bonds is 0. The van der Waals surface area contributed by atoms with Gasteiger partial charge in [0.2, 0.25) is 0 Å². The van der Waals surface area contributed by atoms with E-state index < -0.39 is 5.97 Å². The summed E-state index contributed by atoms with van der Waals surface area (Å²) < 4.78 is 5.25. The van der Waals surface area contributed by atoms with Gasteiger partial charge in [0.05, 0.1) is 18.1 Å². The quantitative estimate of drug-likeness (QED) is 0.566. The number of hydrogen-bond donors (Lipinski definition) is 2. The van der Waals surface area contributed by atoms with Crippen LogP contribution in [0.2, 0.25) is 0 Å². The number of cyclic esters (lactones) is 1. The molecule has 0 aromatic heterocycles. The van der Waals surface area contributed by atoms with Gasteiger partial charge in [-0.15, -0.1) is 0 Å². The van der Waals surface area contributed by atoms with Gasteiger partial charge in [0, 0.05) is 12.5 Å². The van der Waals surface area contributed by atoms with Crippen LogP contribution in [0.25, 0.3) is 0 Å². The molecule has 1 aromatic carbocycles. The van der Waals surface area contributed by atoms with Gasteiger partial charge >= 0.3 is 5.97 Å². The smallest absolute Gasteiger partial charge is 0.310 e. The fraction of sp³-hybridized carbons (Fsp3) is 0.375. The number of aromatic hydroxyl groups is 2. The highest BCUT2D eigenvalue weighted by Gasteiger charge is 2.20. The molecular formula is C16H18O5. The lowest BCUT2D eigenvalue weighted by atomic mass is 9.97. The third-order valence-electron chi connectivity index (χ3n) is 3.34. The van der Waals surface area contributed by atoms with Crippen LogP contribution < -0.4 is 0 Å². The summed E-state index contributed by atoms with van der Waals surface area (Å²) in [5.74, 6) is -1.28. The van der Waals surface area contributed by atoms with E-state index in [0.717, 1.165) is 12.5 Å². The van der Waals surface area contributed by atoms with E-state index in [1.807, 2.05) is 13.0 Å². The highest BCUT2D eigenvalue weighted by Crippen LogP contribution is 2.29. The van der Waals surface area contributed by atoms with Crippen molar-refractivity contribution < 1.29 is 24.5 Å². The van der Waals surface area contributed by atoms with Gasteiger partial charge < -0.3 is 14.9 Å². The van der Waals surface area contributed by atoms with E-state index in [1.165, 1.54) is 6.07 Å². The molecule has 2 N–H and O–H groups in total. The Morgan fingerprint density at radius 3 is 2.71 bits per heavy atom. The summed E-state index contributed by atoms with van der Waals surface area (Å²) in [5, 5.41) is 19.4. The topological polar surface area (TPSA) is 83.8 Å². The third-order valence-corrected chi connectivity index (χ3v) is 3.34. The SMILES string of the molecule is CC1CCC=CCC(=O)c2c(O)cc(O)cc2CC(=O)O1. The van der Waals surface area contributed by atoms with Gasteiger partial charge in [-0.2, -0.15) is 0 Å². The van der Waals surface area contributed by atoms with Crippen molar-refractivity contribution in [3.8, 4) is 11.5 Å². The van der Waals surface area contributed by atoms with Crippen molar-refractivity contribution in [1.82, 2.24) is 0 Å². The van der Waals surface area contributed by atoms with E-state index in [1.54, 1.807) is 6.08 Å². The first-order valence-electron chi connectivity index (χ1n) is 6.90. The molecule has 0 saturated heterocycles. The Morgan fingerprint density at radius 2 is 1.95 bits per heavy atom. The molecule has 0 saturated carbocycles. The number of benzene rings is 1. The van der Waals surface area contributed by atoms with Crippen molar-refractivity contribution in [2.24, 2.45) is 0 Å². The average molecular weight is 290 g/mol. The summed E-state index contributed by atoms with van der Waals surface area (Å²) in [7, 11) is 0. The number of ketones is 1. The largest absolute Gasteiger partial charge is 0.508 e. The number of carbonyl (C=O) groups is 2. The summed E-state index contributed by atoms with van der Waals surface area (Å²) in [5.41, 5.74) is 0.353. The van der Waals surface area contributed by atoms with Crippen LogP contribution in [0.15, 0.2) is 24.3 Å². The first-order chi connectivity index (χ1) is 9.97. The molecule has 2 rings (SSSR count). The van der Waals surface area contributed by atoms with Crippen LogP contribution in [0, 0.1) is 0 Å². The zero-order valence-corrected chi connectivity index (χ0v) is 11.8. The standard InChI is InChI=1S/C16H18O5/c1-10-5-3-2-4-6-13(18)16-11(8-15(20)21-10)7-12(17)9-14(16)19/h2,4,7,9-10,17,19H,3,5-6,8H2,1H3. The third kappa shape index (κ3) is 3.84. The van der Waals surface area contributed by atoms with Gasteiger partial charge in [-0.05, 0) is 31.4 Å². The molecule has 1 aromatic rings. The molecule has 0 amide bonds. The Labute approximate surface area is 122 Å². The van der Waals surface area contributed by atoms with E-state index in [9.17, 15) is 19.8 Å². The Kier molecular flexibility index (Phi) is 4.62. The maximum atomic E-state index is 12.2. The highest BCUT2D eigenvalue weighted by molar-refractivity contribution is 6.01. The van der Waals surface area contributed by atoms with Gasteiger partial charge in [-0.1, -0.05) is 12.2 Å². The molecule has 1 aliphatic rings. The Morgan fingerprint density at radius 1 is 1.19 bits per heavy atom. The van der Waals surface area contributed by atoms with E-state index in [2.05, 4.69) is 0 Å². The fourth-order valence-electron chi connectivity index (χ4n) is 2.35. The number of phenolic OH excluding ortho intramolecular Hbond substituents is 2. The van der Waals surface area contributed by atoms with Gasteiger partial charge in [-0.3, -0.25) is 9.59 Å². The first-order valence-corrected chi connectivity index (χ1v) is 6.90. The van der Waals surface area contributed by atoms with Crippen molar-refractivity contribution in [3.63, 3.8) is 0 Å². The molecule has 1 heterocycles. The Bertz CT molecular complexity index is 589. The van der Waals surface area contributed by atoms with Crippen molar-refractivity contribution in [3.05, 3.63) is 35.4 Å². The number of phenols is 2. The van der Waals surface area contributed by atoms with Gasteiger partial charge in [0.15, 0.2) is 5.78 Å². The number of fused-ring (bicyclic) bond motifs is 1. The number of Topliss-reactive ketones (excluding diaryl/α,β-unsaturated/α-hetero) is 1. The number of ether oxygens (including phenoxy) is 1. The highest BCUT2D eigenvalue weighted by atomic mass is 16.5. The second-order valence-corrected chi connectivity index (χ2v) is 5.15. The summed E-state index contributed by atoms with van der Waals surface area (Å²) in [6.07, 6.45) is 4.79. The lowest BCUT2D eigenvalue weighted by molar-refractivity contribution is -0.147. The molecule has 0 radical (unpaired) electrons. The molecule has 21 heavy (non-hydrogen) atoms. The Balaban J connectivity index is 2.42. The number of allylic oxidation sites excluding steroid dienone is 2. The molecular weight excluding hydrogens is 272 g/mol. The maximum Gasteiger partial charge on any atom is 0.310 e. The average Bonchev–Trinajstić information content (AvgIpc) is 2.35. The van der Waals surface area contributed by atoms with Crippen LogP contribution in [-0.4, -0.2) is 28.1 Å². The number of esters is 1. The van der Waals surface area contributed by atoms with Crippen LogP contribution in [0.5, 0.6) is 11.5 Å². The minimum atomic E-state index is -0.480. The van der Waals surface area contributed by atoms with Gasteiger partial charge in [-0.25, -0.2) is 0 Å². The molecule has 1 aliphatic heterocycles. The number of hydrogen-bond acceptors (Lipinski definition) is 5. The summed E-state index contributed by atoms with van der Waals surface area (Å²) in [6, 6.07) is 2.41. The minimum Gasteiger partial charge on any atom is -0.508 e. The van der Waals surface area contributed by atoms with E-state index in [-0.39, 0.29) is 47.4 Å². The lowest BCUT2D eigenvalue weighted by Gasteiger charge is -2.15. The zero-order chi connectivity index (χ0) is 15.4. The second kappa shape index (κ2) is 6.43. The van der Waals surface area contributed by atoms with Gasteiger partial charge in [0.25, 0.3) is 0 Å². The maximum absolute atomic E-state index is 12.2. The summed E-state index contributed by atoms with van der Waals surface area (Å²) in [6.45, 7) is 1.81. The van der Waals surface area contributed by atoms with Crippen molar-refractivity contribution in [2.75, 3.05) is 0 Å². The summed E-state index contributed by atoms with van der Waals surface area (Å²) in [4.78, 5) is 24.1. The molecule has 0 spiro atoms. The molecule has 1 atom stereocenters. The number of carbonyl (C=O) groups excluding carboxylic acids is 2. The molecule has 1 unspecified atom stereocenters. The second-order valence-electron chi connectivity index (χ2n) is 5.15. The summed E-state index contributed by atoms with van der Waals surface area (Å²) >= 11 is 0. The Hall–Kier alpha value is -2.30. The van der Waals surface area contributed by atoms with Crippen molar-refractivity contribution in [2.45, 2.75) is 38.7 Å². The van der Waals surface area contributed by atoms with Crippen LogP contribution in [0.4, 0.5) is 0 Å². The van der Waals surface area contributed by atoms with E-state index >= 15 is 0 Å². The van der Waals surface area contributed by atoms with Crippen LogP contribution >= 0.6 is 0 Å². The normalized spacial score (nSPS) is 20.1. The molecule has 112 valence electrons. The first kappa shape index (κ1) is 15.1. The molecule has 5 nitrogen and oxygen atoms in total. The molecule has 0 fully saturated rings. The molecule has 0 bridgehead atoms. The van der Waals surface area contributed by atoms with Crippen molar-refractivity contribution in [1.29, 1.82) is 0 Å². The van der Waals surface area contributed by atoms with E-state index in [4.69, 9.17) is 4.74 Å². The molecule has 5 heteroatoms. The predicted molar refractivity (Wildman–Crippen MR) is 76.4 cm³/mol. The predicted octanol–water partition coefficient (Wildman–Crippen LogP) is 2.49. The fourth-order valence-corrected chi connectivity index (χ4v) is 2.35. The molecule has 0 aliphatic carbocycles.